The van der Waals surface area contributed by atoms with Gasteiger partial charge in [-0.05, 0) is 75.5 Å². The topological polar surface area (TPSA) is 45.5 Å². The van der Waals surface area contributed by atoms with Gasteiger partial charge < -0.3 is 9.73 Å². The number of aryl methyl sites for hydroxylation is 3. The number of rotatable bonds is 5. The van der Waals surface area contributed by atoms with Crippen LogP contribution < -0.4 is 5.32 Å². The SMILES string of the molecule is Cc1ccc2c(C)c(C(=O)NC[C@@H](c3ccc(Cl)cc3)N3CCCCC3)oc2c1C. The predicted molar refractivity (Wildman–Crippen MR) is 122 cm³/mol. The zero-order valence-corrected chi connectivity index (χ0v) is 18.7. The number of nitrogens with zero attached hydrogens (tertiary/aromatic N) is 1. The molecule has 2 aromatic carbocycles. The van der Waals surface area contributed by atoms with Gasteiger partial charge in [0, 0.05) is 22.5 Å². The maximum absolute atomic E-state index is 13.1. The molecule has 1 N–H and O–H groups in total. The van der Waals surface area contributed by atoms with Crippen LogP contribution in [0.4, 0.5) is 0 Å². The molecule has 1 atom stereocenters. The van der Waals surface area contributed by atoms with Gasteiger partial charge in [0.2, 0.25) is 0 Å². The molecule has 1 aliphatic heterocycles. The molecule has 1 amide bonds. The molecule has 158 valence electrons. The Morgan fingerprint density at radius 2 is 1.73 bits per heavy atom. The summed E-state index contributed by atoms with van der Waals surface area (Å²) in [6.45, 7) is 8.68. The molecule has 0 unspecified atom stereocenters. The molecule has 0 spiro atoms. The van der Waals surface area contributed by atoms with Crippen molar-refractivity contribution in [1.82, 2.24) is 10.2 Å². The van der Waals surface area contributed by atoms with Gasteiger partial charge in [-0.15, -0.1) is 0 Å². The number of fused-ring (bicyclic) bond motifs is 1. The fraction of sp³-hybridized carbons (Fsp3) is 0.400. The highest BCUT2D eigenvalue weighted by Gasteiger charge is 2.25. The van der Waals surface area contributed by atoms with Crippen molar-refractivity contribution < 1.29 is 9.21 Å². The Kier molecular flexibility index (Phi) is 6.16. The Hall–Kier alpha value is -2.30. The molecular formula is C25H29ClN2O2. The minimum Gasteiger partial charge on any atom is -0.450 e. The summed E-state index contributed by atoms with van der Waals surface area (Å²) in [5.41, 5.74) is 5.13. The largest absolute Gasteiger partial charge is 0.450 e. The Bertz CT molecular complexity index is 1050. The number of nitrogens with one attached hydrogen (secondary N) is 1. The average Bonchev–Trinajstić information content (AvgIpc) is 3.10. The number of piperidine rings is 1. The third-order valence-corrected chi connectivity index (χ3v) is 6.63. The van der Waals surface area contributed by atoms with E-state index in [4.69, 9.17) is 16.0 Å². The molecule has 0 radical (unpaired) electrons. The van der Waals surface area contributed by atoms with Gasteiger partial charge in [-0.25, -0.2) is 0 Å². The predicted octanol–water partition coefficient (Wildman–Crippen LogP) is 5.97. The van der Waals surface area contributed by atoms with Gasteiger partial charge in [-0.1, -0.05) is 42.3 Å². The number of halogens is 1. The highest BCUT2D eigenvalue weighted by Crippen LogP contribution is 2.30. The molecule has 30 heavy (non-hydrogen) atoms. The monoisotopic (exact) mass is 424 g/mol. The maximum atomic E-state index is 13.1. The number of hydrogen-bond donors (Lipinski definition) is 1. The number of furan rings is 1. The van der Waals surface area contributed by atoms with E-state index in [-0.39, 0.29) is 11.9 Å². The maximum Gasteiger partial charge on any atom is 0.287 e. The summed E-state index contributed by atoms with van der Waals surface area (Å²) in [7, 11) is 0. The second-order valence-corrected chi connectivity index (χ2v) is 8.75. The van der Waals surface area contributed by atoms with Crippen LogP contribution >= 0.6 is 11.6 Å². The second-order valence-electron chi connectivity index (χ2n) is 8.31. The zero-order chi connectivity index (χ0) is 21.3. The third-order valence-electron chi connectivity index (χ3n) is 6.37. The summed E-state index contributed by atoms with van der Waals surface area (Å²) in [4.78, 5) is 15.5. The summed E-state index contributed by atoms with van der Waals surface area (Å²) >= 11 is 6.09. The summed E-state index contributed by atoms with van der Waals surface area (Å²) in [5, 5.41) is 4.87. The van der Waals surface area contributed by atoms with Crippen LogP contribution in [0.25, 0.3) is 11.0 Å². The molecule has 1 saturated heterocycles. The van der Waals surface area contributed by atoms with Crippen molar-refractivity contribution in [3.05, 3.63) is 69.4 Å². The highest BCUT2D eigenvalue weighted by molar-refractivity contribution is 6.30. The Morgan fingerprint density at radius 1 is 1.03 bits per heavy atom. The van der Waals surface area contributed by atoms with Crippen LogP contribution in [0.15, 0.2) is 40.8 Å². The van der Waals surface area contributed by atoms with Crippen molar-refractivity contribution in [3.63, 3.8) is 0 Å². The summed E-state index contributed by atoms with van der Waals surface area (Å²) in [6.07, 6.45) is 3.66. The van der Waals surface area contributed by atoms with Gasteiger partial charge >= 0.3 is 0 Å². The van der Waals surface area contributed by atoms with E-state index >= 15 is 0 Å². The van der Waals surface area contributed by atoms with E-state index < -0.39 is 0 Å². The molecule has 1 aliphatic rings. The first-order valence-corrected chi connectivity index (χ1v) is 11.1. The van der Waals surface area contributed by atoms with Gasteiger partial charge in [0.25, 0.3) is 5.91 Å². The van der Waals surface area contributed by atoms with Crippen LogP contribution in [-0.2, 0) is 0 Å². The number of benzene rings is 2. The van der Waals surface area contributed by atoms with Crippen molar-refractivity contribution in [2.24, 2.45) is 0 Å². The molecular weight excluding hydrogens is 396 g/mol. The lowest BCUT2D eigenvalue weighted by molar-refractivity contribution is 0.0898. The highest BCUT2D eigenvalue weighted by atomic mass is 35.5. The van der Waals surface area contributed by atoms with Gasteiger partial charge in [-0.3, -0.25) is 9.69 Å². The number of amides is 1. The van der Waals surface area contributed by atoms with Crippen molar-refractivity contribution in [1.29, 1.82) is 0 Å². The summed E-state index contributed by atoms with van der Waals surface area (Å²) in [5.74, 6) is 0.254. The van der Waals surface area contributed by atoms with E-state index in [9.17, 15) is 4.79 Å². The average molecular weight is 425 g/mol. The van der Waals surface area contributed by atoms with Crippen molar-refractivity contribution in [2.75, 3.05) is 19.6 Å². The number of hydrogen-bond acceptors (Lipinski definition) is 3. The Labute approximate surface area is 183 Å². The van der Waals surface area contributed by atoms with E-state index in [1.54, 1.807) is 0 Å². The fourth-order valence-corrected chi connectivity index (χ4v) is 4.50. The van der Waals surface area contributed by atoms with Gasteiger partial charge in [0.1, 0.15) is 5.58 Å². The van der Waals surface area contributed by atoms with Gasteiger partial charge in [-0.2, -0.15) is 0 Å². The van der Waals surface area contributed by atoms with E-state index in [0.29, 0.717) is 12.3 Å². The smallest absolute Gasteiger partial charge is 0.287 e. The van der Waals surface area contributed by atoms with Crippen LogP contribution in [0.3, 0.4) is 0 Å². The lowest BCUT2D eigenvalue weighted by Crippen LogP contribution is -2.40. The van der Waals surface area contributed by atoms with Crippen LogP contribution in [0.2, 0.25) is 5.02 Å². The molecule has 4 rings (SSSR count). The molecule has 0 aliphatic carbocycles. The zero-order valence-electron chi connectivity index (χ0n) is 17.9. The molecule has 4 nitrogen and oxygen atoms in total. The molecule has 5 heteroatoms. The minimum atomic E-state index is -0.156. The Balaban J connectivity index is 1.56. The molecule has 2 heterocycles. The quantitative estimate of drug-likeness (QED) is 0.548. The van der Waals surface area contributed by atoms with E-state index in [0.717, 1.165) is 45.8 Å². The van der Waals surface area contributed by atoms with E-state index in [2.05, 4.69) is 35.3 Å². The van der Waals surface area contributed by atoms with Crippen LogP contribution in [0.5, 0.6) is 0 Å². The van der Waals surface area contributed by atoms with Gasteiger partial charge in [0.05, 0.1) is 6.04 Å². The molecule has 1 aromatic heterocycles. The molecule has 3 aromatic rings. The van der Waals surface area contributed by atoms with Crippen molar-refractivity contribution in [2.45, 2.75) is 46.1 Å². The first-order chi connectivity index (χ1) is 14.5. The summed E-state index contributed by atoms with van der Waals surface area (Å²) < 4.78 is 6.03. The lowest BCUT2D eigenvalue weighted by Gasteiger charge is -2.35. The van der Waals surface area contributed by atoms with Crippen LogP contribution in [-0.4, -0.2) is 30.4 Å². The van der Waals surface area contributed by atoms with E-state index in [1.807, 2.05) is 32.0 Å². The summed E-state index contributed by atoms with van der Waals surface area (Å²) in [6, 6.07) is 12.2. The van der Waals surface area contributed by atoms with E-state index in [1.165, 1.54) is 24.8 Å². The number of carbonyl (C=O) groups excluding carboxylic acids is 1. The molecule has 0 bridgehead atoms. The number of carbonyl (C=O) groups is 1. The normalized spacial score (nSPS) is 16.0. The standard InChI is InChI=1S/C25H29ClN2O2/c1-16-7-12-21-18(3)24(30-23(21)17(16)2)25(29)27-15-22(28-13-5-4-6-14-28)19-8-10-20(26)11-9-19/h7-12,22H,4-6,13-15H2,1-3H3,(H,27,29)/t22-/m0/s1. The third kappa shape index (κ3) is 4.12. The van der Waals surface area contributed by atoms with Gasteiger partial charge in [0.15, 0.2) is 5.76 Å². The Morgan fingerprint density at radius 3 is 2.43 bits per heavy atom. The first-order valence-electron chi connectivity index (χ1n) is 10.7. The number of likely N-dealkylation sites (tertiary alicyclic amines) is 1. The molecule has 1 fully saturated rings. The lowest BCUT2D eigenvalue weighted by atomic mass is 10.0. The fourth-order valence-electron chi connectivity index (χ4n) is 4.38. The first kappa shape index (κ1) is 21.0. The van der Waals surface area contributed by atoms with Crippen LogP contribution in [0, 0.1) is 20.8 Å². The van der Waals surface area contributed by atoms with Crippen molar-refractivity contribution >= 4 is 28.5 Å². The van der Waals surface area contributed by atoms with Crippen LogP contribution in [0.1, 0.15) is 58.1 Å². The second kappa shape index (κ2) is 8.83. The minimum absolute atomic E-state index is 0.125. The van der Waals surface area contributed by atoms with Crippen molar-refractivity contribution in [3.8, 4) is 0 Å². The molecule has 0 saturated carbocycles.